The number of amides is 2. The van der Waals surface area contributed by atoms with Gasteiger partial charge in [0.25, 0.3) is 0 Å². The summed E-state index contributed by atoms with van der Waals surface area (Å²) in [5, 5.41) is 11.5. The van der Waals surface area contributed by atoms with E-state index in [1.807, 2.05) is 6.92 Å². The number of anilines is 1. The van der Waals surface area contributed by atoms with E-state index in [0.29, 0.717) is 31.5 Å². The highest BCUT2D eigenvalue weighted by Crippen LogP contribution is 2.18. The number of likely N-dealkylation sites (tertiary alicyclic amines) is 1. The quantitative estimate of drug-likeness (QED) is 0.834. The SMILES string of the molecule is CCc1nn(C)cc1NC(=O)N1CCCC(S(N)(=O)=O)C1. The molecule has 118 valence electrons. The first kappa shape index (κ1) is 15.8. The van der Waals surface area contributed by atoms with Gasteiger partial charge in [0.05, 0.1) is 16.6 Å². The molecule has 2 rings (SSSR count). The third-order valence-corrected chi connectivity index (χ3v) is 4.93. The number of rotatable bonds is 3. The van der Waals surface area contributed by atoms with Crippen LogP contribution in [0.2, 0.25) is 0 Å². The molecule has 0 bridgehead atoms. The summed E-state index contributed by atoms with van der Waals surface area (Å²) in [6, 6.07) is -0.314. The molecule has 9 heteroatoms. The molecule has 1 aromatic heterocycles. The predicted molar refractivity (Wildman–Crippen MR) is 79.3 cm³/mol. The highest BCUT2D eigenvalue weighted by Gasteiger charge is 2.30. The fourth-order valence-corrected chi connectivity index (χ4v) is 3.37. The van der Waals surface area contributed by atoms with Gasteiger partial charge in [-0.15, -0.1) is 0 Å². The van der Waals surface area contributed by atoms with Crippen LogP contribution in [0.5, 0.6) is 0 Å². The second kappa shape index (κ2) is 6.02. The van der Waals surface area contributed by atoms with Gasteiger partial charge in [-0.3, -0.25) is 4.68 Å². The van der Waals surface area contributed by atoms with E-state index in [9.17, 15) is 13.2 Å². The third kappa shape index (κ3) is 3.73. The monoisotopic (exact) mass is 315 g/mol. The lowest BCUT2D eigenvalue weighted by Gasteiger charge is -2.31. The number of carbonyl (C=O) groups excluding carboxylic acids is 1. The topological polar surface area (TPSA) is 110 Å². The average Bonchev–Trinajstić information content (AvgIpc) is 2.78. The molecular formula is C12H21N5O3S. The number of nitrogens with one attached hydrogen (secondary N) is 1. The number of urea groups is 1. The second-order valence-electron chi connectivity index (χ2n) is 5.25. The van der Waals surface area contributed by atoms with Gasteiger partial charge >= 0.3 is 6.03 Å². The van der Waals surface area contributed by atoms with Crippen LogP contribution in [0.1, 0.15) is 25.5 Å². The van der Waals surface area contributed by atoms with Gasteiger partial charge < -0.3 is 10.2 Å². The van der Waals surface area contributed by atoms with Gasteiger partial charge in [0.15, 0.2) is 0 Å². The molecule has 1 aromatic rings. The van der Waals surface area contributed by atoms with Crippen LogP contribution in [0.4, 0.5) is 10.5 Å². The Balaban J connectivity index is 2.06. The maximum absolute atomic E-state index is 12.3. The number of hydrogen-bond donors (Lipinski definition) is 2. The fraction of sp³-hybridized carbons (Fsp3) is 0.667. The van der Waals surface area contributed by atoms with Crippen molar-refractivity contribution < 1.29 is 13.2 Å². The Bertz CT molecular complexity index is 625. The first-order valence-electron chi connectivity index (χ1n) is 6.91. The van der Waals surface area contributed by atoms with Gasteiger partial charge in [0, 0.05) is 26.3 Å². The highest BCUT2D eigenvalue weighted by molar-refractivity contribution is 7.89. The van der Waals surface area contributed by atoms with E-state index < -0.39 is 15.3 Å². The van der Waals surface area contributed by atoms with Crippen molar-refractivity contribution >= 4 is 21.7 Å². The molecule has 1 aliphatic heterocycles. The molecule has 21 heavy (non-hydrogen) atoms. The summed E-state index contributed by atoms with van der Waals surface area (Å²) in [6.45, 7) is 2.61. The molecule has 8 nitrogen and oxygen atoms in total. The summed E-state index contributed by atoms with van der Waals surface area (Å²) >= 11 is 0. The van der Waals surface area contributed by atoms with Crippen molar-refractivity contribution in [1.29, 1.82) is 0 Å². The van der Waals surface area contributed by atoms with Crippen LogP contribution < -0.4 is 10.5 Å². The summed E-state index contributed by atoms with van der Waals surface area (Å²) in [4.78, 5) is 13.8. The Morgan fingerprint density at radius 1 is 1.57 bits per heavy atom. The van der Waals surface area contributed by atoms with Crippen LogP contribution in [-0.2, 0) is 23.5 Å². The smallest absolute Gasteiger partial charge is 0.321 e. The van der Waals surface area contributed by atoms with Crippen molar-refractivity contribution in [3.8, 4) is 0 Å². The number of aryl methyl sites for hydroxylation is 2. The highest BCUT2D eigenvalue weighted by atomic mass is 32.2. The van der Waals surface area contributed by atoms with Crippen molar-refractivity contribution in [3.63, 3.8) is 0 Å². The van der Waals surface area contributed by atoms with Crippen LogP contribution in [0, 0.1) is 0 Å². The van der Waals surface area contributed by atoms with Gasteiger partial charge in [-0.1, -0.05) is 6.92 Å². The van der Waals surface area contributed by atoms with Crippen LogP contribution in [0.3, 0.4) is 0 Å². The van der Waals surface area contributed by atoms with E-state index in [2.05, 4.69) is 10.4 Å². The number of sulfonamides is 1. The van der Waals surface area contributed by atoms with Crippen LogP contribution >= 0.6 is 0 Å². The summed E-state index contributed by atoms with van der Waals surface area (Å²) in [7, 11) is -1.83. The molecule has 1 atom stereocenters. The van der Waals surface area contributed by atoms with Crippen molar-refractivity contribution in [2.24, 2.45) is 12.2 Å². The second-order valence-corrected chi connectivity index (χ2v) is 7.09. The first-order valence-corrected chi connectivity index (χ1v) is 8.52. The lowest BCUT2D eigenvalue weighted by Crippen LogP contribution is -2.48. The maximum atomic E-state index is 12.3. The molecule has 0 radical (unpaired) electrons. The molecule has 3 N–H and O–H groups in total. The average molecular weight is 315 g/mol. The number of nitrogens with zero attached hydrogens (tertiary/aromatic N) is 3. The standard InChI is InChI=1S/C12H21N5O3S/c1-3-10-11(8-16(2)15-10)14-12(18)17-6-4-5-9(7-17)21(13,19)20/h8-9H,3-7H2,1-2H3,(H,14,18)(H2,13,19,20). The summed E-state index contributed by atoms with van der Waals surface area (Å²) in [5.74, 6) is 0. The third-order valence-electron chi connectivity index (χ3n) is 3.61. The Kier molecular flexibility index (Phi) is 4.52. The number of carbonyl (C=O) groups is 1. The van der Waals surface area contributed by atoms with Crippen LogP contribution in [0.25, 0.3) is 0 Å². The minimum atomic E-state index is -3.61. The molecule has 0 aromatic carbocycles. The Hall–Kier alpha value is -1.61. The largest absolute Gasteiger partial charge is 0.323 e. The van der Waals surface area contributed by atoms with Gasteiger partial charge in [-0.2, -0.15) is 5.10 Å². The number of hydrogen-bond acceptors (Lipinski definition) is 4. The zero-order valence-corrected chi connectivity index (χ0v) is 13.1. The zero-order valence-electron chi connectivity index (χ0n) is 12.2. The first-order chi connectivity index (χ1) is 9.81. The predicted octanol–water partition coefficient (Wildman–Crippen LogP) is 0.267. The molecule has 0 saturated carbocycles. The number of piperidine rings is 1. The van der Waals surface area contributed by atoms with Crippen molar-refractivity contribution in [3.05, 3.63) is 11.9 Å². The molecule has 0 spiro atoms. The molecular weight excluding hydrogens is 294 g/mol. The normalized spacial score (nSPS) is 19.6. The Morgan fingerprint density at radius 2 is 2.29 bits per heavy atom. The summed E-state index contributed by atoms with van der Waals surface area (Å²) in [6.07, 6.45) is 3.56. The van der Waals surface area contributed by atoms with E-state index in [0.717, 1.165) is 5.69 Å². The van der Waals surface area contributed by atoms with Crippen molar-refractivity contribution in [2.45, 2.75) is 31.4 Å². The fourth-order valence-electron chi connectivity index (χ4n) is 2.49. The van der Waals surface area contributed by atoms with E-state index in [1.54, 1.807) is 17.9 Å². The van der Waals surface area contributed by atoms with Crippen molar-refractivity contribution in [1.82, 2.24) is 14.7 Å². The molecule has 2 heterocycles. The summed E-state index contributed by atoms with van der Waals surface area (Å²) in [5.41, 5.74) is 1.45. The van der Waals surface area contributed by atoms with Gasteiger partial charge in [-0.05, 0) is 19.3 Å². The minimum absolute atomic E-state index is 0.131. The molecule has 1 saturated heterocycles. The van der Waals surface area contributed by atoms with Gasteiger partial charge in [-0.25, -0.2) is 18.4 Å². The molecule has 1 unspecified atom stereocenters. The Labute approximate surface area is 124 Å². The number of nitrogens with two attached hydrogens (primary N) is 1. The molecule has 2 amide bonds. The minimum Gasteiger partial charge on any atom is -0.323 e. The maximum Gasteiger partial charge on any atom is 0.321 e. The van der Waals surface area contributed by atoms with E-state index in [1.165, 1.54) is 4.90 Å². The molecule has 1 aliphatic rings. The van der Waals surface area contributed by atoms with E-state index in [-0.39, 0.29) is 12.6 Å². The van der Waals surface area contributed by atoms with Gasteiger partial charge in [0.2, 0.25) is 10.0 Å². The lowest BCUT2D eigenvalue weighted by atomic mass is 10.1. The lowest BCUT2D eigenvalue weighted by molar-refractivity contribution is 0.200. The zero-order chi connectivity index (χ0) is 15.6. The molecule has 0 aliphatic carbocycles. The van der Waals surface area contributed by atoms with Crippen LogP contribution in [-0.4, -0.2) is 47.5 Å². The van der Waals surface area contributed by atoms with Crippen LogP contribution in [0.15, 0.2) is 6.20 Å². The number of aromatic nitrogens is 2. The van der Waals surface area contributed by atoms with Gasteiger partial charge in [0.1, 0.15) is 0 Å². The van der Waals surface area contributed by atoms with E-state index >= 15 is 0 Å². The van der Waals surface area contributed by atoms with E-state index in [4.69, 9.17) is 5.14 Å². The number of primary sulfonamides is 1. The Morgan fingerprint density at radius 3 is 2.90 bits per heavy atom. The summed E-state index contributed by atoms with van der Waals surface area (Å²) < 4.78 is 24.5. The van der Waals surface area contributed by atoms with Crippen molar-refractivity contribution in [2.75, 3.05) is 18.4 Å². The molecule has 1 fully saturated rings.